The molecule has 102 valence electrons. The van der Waals surface area contributed by atoms with Gasteiger partial charge in [-0.05, 0) is 18.9 Å². The van der Waals surface area contributed by atoms with Gasteiger partial charge in [-0.15, -0.1) is 0 Å². The Balaban J connectivity index is 2.07. The van der Waals surface area contributed by atoms with Crippen LogP contribution in [0.2, 0.25) is 0 Å². The summed E-state index contributed by atoms with van der Waals surface area (Å²) in [4.78, 5) is 31.7. The lowest BCUT2D eigenvalue weighted by molar-refractivity contribution is -0.120. The molecular formula is C16H16N2O2. The van der Waals surface area contributed by atoms with Crippen LogP contribution in [-0.2, 0) is 11.2 Å². The number of benzene rings is 1. The Morgan fingerprint density at radius 3 is 2.50 bits per heavy atom. The molecule has 1 unspecified atom stereocenters. The summed E-state index contributed by atoms with van der Waals surface area (Å²) in [6, 6.07) is 9.70. The summed E-state index contributed by atoms with van der Waals surface area (Å²) in [6.45, 7) is 1.53. The minimum atomic E-state index is -0.313. The van der Waals surface area contributed by atoms with Crippen LogP contribution in [0.15, 0.2) is 48.9 Å². The standard InChI is InChI=1S/C16H16N2O2/c1-12(19)14(9-13-5-3-2-4-6-13)10-16(20)15-11-17-7-8-18-15/h2-8,11,14H,9-10H2,1H3. The molecule has 2 rings (SSSR count). The fourth-order valence-corrected chi connectivity index (χ4v) is 2.03. The Hall–Kier alpha value is -2.36. The number of carbonyl (C=O) groups excluding carboxylic acids is 2. The molecule has 0 N–H and O–H groups in total. The van der Waals surface area contributed by atoms with E-state index in [1.165, 1.54) is 25.5 Å². The second-order valence-electron chi connectivity index (χ2n) is 4.72. The van der Waals surface area contributed by atoms with Gasteiger partial charge in [-0.1, -0.05) is 30.3 Å². The number of nitrogens with zero attached hydrogens (tertiary/aromatic N) is 2. The number of carbonyl (C=O) groups is 2. The molecule has 0 bridgehead atoms. The average molecular weight is 268 g/mol. The van der Waals surface area contributed by atoms with E-state index < -0.39 is 0 Å². The lowest BCUT2D eigenvalue weighted by Crippen LogP contribution is -2.19. The molecule has 0 saturated carbocycles. The highest BCUT2D eigenvalue weighted by molar-refractivity contribution is 5.96. The minimum Gasteiger partial charge on any atom is -0.300 e. The van der Waals surface area contributed by atoms with E-state index in [0.717, 1.165) is 5.56 Å². The van der Waals surface area contributed by atoms with Gasteiger partial charge in [0, 0.05) is 24.7 Å². The van der Waals surface area contributed by atoms with Crippen molar-refractivity contribution in [1.29, 1.82) is 0 Å². The van der Waals surface area contributed by atoms with Crippen LogP contribution in [0.3, 0.4) is 0 Å². The normalized spacial score (nSPS) is 11.8. The zero-order valence-electron chi connectivity index (χ0n) is 11.3. The van der Waals surface area contributed by atoms with Gasteiger partial charge < -0.3 is 0 Å². The maximum absolute atomic E-state index is 12.1. The van der Waals surface area contributed by atoms with Crippen LogP contribution in [-0.4, -0.2) is 21.5 Å². The van der Waals surface area contributed by atoms with E-state index in [2.05, 4.69) is 9.97 Å². The molecule has 2 aromatic rings. The Morgan fingerprint density at radius 2 is 1.90 bits per heavy atom. The van der Waals surface area contributed by atoms with E-state index in [1.54, 1.807) is 0 Å². The zero-order chi connectivity index (χ0) is 14.4. The summed E-state index contributed by atoms with van der Waals surface area (Å²) in [6.07, 6.45) is 5.17. The highest BCUT2D eigenvalue weighted by atomic mass is 16.1. The molecule has 0 aliphatic heterocycles. The first-order valence-electron chi connectivity index (χ1n) is 6.50. The van der Waals surface area contributed by atoms with Gasteiger partial charge >= 0.3 is 0 Å². The molecule has 1 atom stereocenters. The van der Waals surface area contributed by atoms with Gasteiger partial charge in [0.15, 0.2) is 5.78 Å². The van der Waals surface area contributed by atoms with E-state index in [0.29, 0.717) is 12.1 Å². The molecule has 0 saturated heterocycles. The highest BCUT2D eigenvalue weighted by Crippen LogP contribution is 2.15. The summed E-state index contributed by atoms with van der Waals surface area (Å²) in [5.41, 5.74) is 1.37. The molecule has 20 heavy (non-hydrogen) atoms. The summed E-state index contributed by atoms with van der Waals surface area (Å²) in [5.74, 6) is -0.438. The largest absolute Gasteiger partial charge is 0.300 e. The zero-order valence-corrected chi connectivity index (χ0v) is 11.3. The Kier molecular flexibility index (Phi) is 4.71. The predicted molar refractivity (Wildman–Crippen MR) is 75.3 cm³/mol. The van der Waals surface area contributed by atoms with Crippen LogP contribution >= 0.6 is 0 Å². The quantitative estimate of drug-likeness (QED) is 0.755. The molecule has 4 nitrogen and oxygen atoms in total. The molecule has 0 amide bonds. The van der Waals surface area contributed by atoms with Crippen molar-refractivity contribution in [1.82, 2.24) is 9.97 Å². The molecule has 1 aromatic carbocycles. The maximum Gasteiger partial charge on any atom is 0.183 e. The molecule has 0 radical (unpaired) electrons. The fraction of sp³-hybridized carbons (Fsp3) is 0.250. The van der Waals surface area contributed by atoms with Crippen molar-refractivity contribution in [2.45, 2.75) is 19.8 Å². The maximum atomic E-state index is 12.1. The van der Waals surface area contributed by atoms with Crippen LogP contribution in [0, 0.1) is 5.92 Å². The van der Waals surface area contributed by atoms with E-state index in [9.17, 15) is 9.59 Å². The highest BCUT2D eigenvalue weighted by Gasteiger charge is 2.20. The van der Waals surface area contributed by atoms with Crippen molar-refractivity contribution in [3.63, 3.8) is 0 Å². The van der Waals surface area contributed by atoms with Crippen LogP contribution in [0.4, 0.5) is 0 Å². The number of aromatic nitrogens is 2. The van der Waals surface area contributed by atoms with Gasteiger partial charge in [0.05, 0.1) is 6.20 Å². The summed E-state index contributed by atoms with van der Waals surface area (Å²) in [5, 5.41) is 0. The van der Waals surface area contributed by atoms with Gasteiger partial charge in [-0.3, -0.25) is 14.6 Å². The number of ketones is 2. The van der Waals surface area contributed by atoms with Crippen LogP contribution < -0.4 is 0 Å². The monoisotopic (exact) mass is 268 g/mol. The predicted octanol–water partition coefficient (Wildman–Crippen LogP) is 2.50. The third kappa shape index (κ3) is 3.82. The first kappa shape index (κ1) is 14.1. The van der Waals surface area contributed by atoms with Crippen LogP contribution in [0.5, 0.6) is 0 Å². The van der Waals surface area contributed by atoms with E-state index in [-0.39, 0.29) is 23.9 Å². The number of hydrogen-bond acceptors (Lipinski definition) is 4. The van der Waals surface area contributed by atoms with Crippen molar-refractivity contribution in [3.8, 4) is 0 Å². The Bertz CT molecular complexity index is 582. The molecule has 0 aliphatic rings. The van der Waals surface area contributed by atoms with Gasteiger partial charge in [0.1, 0.15) is 11.5 Å². The average Bonchev–Trinajstić information content (AvgIpc) is 2.48. The molecular weight excluding hydrogens is 252 g/mol. The van der Waals surface area contributed by atoms with E-state index in [4.69, 9.17) is 0 Å². The topological polar surface area (TPSA) is 59.9 Å². The van der Waals surface area contributed by atoms with Gasteiger partial charge in [0.2, 0.25) is 0 Å². The molecule has 4 heteroatoms. The van der Waals surface area contributed by atoms with Crippen LogP contribution in [0.1, 0.15) is 29.4 Å². The smallest absolute Gasteiger partial charge is 0.183 e. The minimum absolute atomic E-state index is 0.0195. The molecule has 0 fully saturated rings. The summed E-state index contributed by atoms with van der Waals surface area (Å²) in [7, 11) is 0. The first-order chi connectivity index (χ1) is 9.66. The number of hydrogen-bond donors (Lipinski definition) is 0. The van der Waals surface area contributed by atoms with Crippen molar-refractivity contribution >= 4 is 11.6 Å². The van der Waals surface area contributed by atoms with Gasteiger partial charge in [-0.25, -0.2) is 4.98 Å². The lowest BCUT2D eigenvalue weighted by atomic mass is 9.90. The SMILES string of the molecule is CC(=O)C(CC(=O)c1cnccn1)Cc1ccccc1. The second-order valence-corrected chi connectivity index (χ2v) is 4.72. The van der Waals surface area contributed by atoms with Crippen molar-refractivity contribution in [3.05, 3.63) is 60.2 Å². The lowest BCUT2D eigenvalue weighted by Gasteiger charge is -2.12. The van der Waals surface area contributed by atoms with Crippen molar-refractivity contribution in [2.75, 3.05) is 0 Å². The first-order valence-corrected chi connectivity index (χ1v) is 6.50. The summed E-state index contributed by atoms with van der Waals surface area (Å²) < 4.78 is 0. The second kappa shape index (κ2) is 6.70. The molecule has 1 heterocycles. The Morgan fingerprint density at radius 1 is 1.15 bits per heavy atom. The molecule has 0 spiro atoms. The Labute approximate surface area is 117 Å². The fourth-order valence-electron chi connectivity index (χ4n) is 2.03. The third-order valence-electron chi connectivity index (χ3n) is 3.18. The van der Waals surface area contributed by atoms with Gasteiger partial charge in [0.25, 0.3) is 0 Å². The van der Waals surface area contributed by atoms with Crippen molar-refractivity contribution in [2.24, 2.45) is 5.92 Å². The summed E-state index contributed by atoms with van der Waals surface area (Å²) >= 11 is 0. The van der Waals surface area contributed by atoms with E-state index >= 15 is 0 Å². The number of Topliss-reactive ketones (excluding diaryl/α,β-unsaturated/α-hetero) is 2. The molecule has 1 aromatic heterocycles. The van der Waals surface area contributed by atoms with E-state index in [1.807, 2.05) is 30.3 Å². The van der Waals surface area contributed by atoms with Gasteiger partial charge in [-0.2, -0.15) is 0 Å². The third-order valence-corrected chi connectivity index (χ3v) is 3.18. The van der Waals surface area contributed by atoms with Crippen molar-refractivity contribution < 1.29 is 9.59 Å². The van der Waals surface area contributed by atoms with Crippen LogP contribution in [0.25, 0.3) is 0 Å². The number of rotatable bonds is 6. The molecule has 0 aliphatic carbocycles.